The molecule has 1 N–H and O–H groups in total. The zero-order valence-corrected chi connectivity index (χ0v) is 15.6. The average Bonchev–Trinajstić information content (AvgIpc) is 2.56. The molecule has 0 amide bonds. The SMILES string of the molecule is Cc1cc(C)cc(O[C@@H]2CCCC[C@H]2NS(=O)(=O)c2ccccc2)c1. The Balaban J connectivity index is 1.77. The molecule has 0 aliphatic heterocycles. The number of nitrogens with one attached hydrogen (secondary N) is 1. The summed E-state index contributed by atoms with van der Waals surface area (Å²) in [5.74, 6) is 0.813. The lowest BCUT2D eigenvalue weighted by Crippen LogP contribution is -2.47. The summed E-state index contributed by atoms with van der Waals surface area (Å²) in [7, 11) is -3.53. The van der Waals surface area contributed by atoms with Crippen LogP contribution in [0.2, 0.25) is 0 Å². The van der Waals surface area contributed by atoms with Crippen molar-refractivity contribution in [2.45, 2.75) is 56.6 Å². The Hall–Kier alpha value is -1.85. The average molecular weight is 359 g/mol. The number of hydrogen-bond donors (Lipinski definition) is 1. The summed E-state index contributed by atoms with van der Waals surface area (Å²) in [4.78, 5) is 0.297. The molecule has 1 fully saturated rings. The van der Waals surface area contributed by atoms with Crippen LogP contribution in [0, 0.1) is 13.8 Å². The molecule has 134 valence electrons. The van der Waals surface area contributed by atoms with E-state index in [1.807, 2.05) is 32.0 Å². The fraction of sp³-hybridized carbons (Fsp3) is 0.400. The molecule has 4 nitrogen and oxygen atoms in total. The first-order chi connectivity index (χ1) is 11.9. The zero-order chi connectivity index (χ0) is 17.9. The Labute approximate surface area is 150 Å². The van der Waals surface area contributed by atoms with Gasteiger partial charge in [0.2, 0.25) is 10.0 Å². The van der Waals surface area contributed by atoms with Gasteiger partial charge in [-0.25, -0.2) is 13.1 Å². The third kappa shape index (κ3) is 4.61. The molecule has 0 bridgehead atoms. The molecule has 25 heavy (non-hydrogen) atoms. The molecule has 1 saturated carbocycles. The van der Waals surface area contributed by atoms with Gasteiger partial charge in [0, 0.05) is 0 Å². The van der Waals surface area contributed by atoms with E-state index >= 15 is 0 Å². The largest absolute Gasteiger partial charge is 0.489 e. The zero-order valence-electron chi connectivity index (χ0n) is 14.7. The van der Waals surface area contributed by atoms with Crippen LogP contribution in [0.5, 0.6) is 5.75 Å². The van der Waals surface area contributed by atoms with Crippen molar-refractivity contribution in [3.63, 3.8) is 0 Å². The number of hydrogen-bond acceptors (Lipinski definition) is 3. The van der Waals surface area contributed by atoms with Crippen molar-refractivity contribution < 1.29 is 13.2 Å². The highest BCUT2D eigenvalue weighted by molar-refractivity contribution is 7.89. The molecular formula is C20H25NO3S. The minimum atomic E-state index is -3.53. The van der Waals surface area contributed by atoms with Gasteiger partial charge in [-0.1, -0.05) is 30.7 Å². The summed E-state index contributed by atoms with van der Waals surface area (Å²) in [6, 6.07) is 14.4. The van der Waals surface area contributed by atoms with E-state index in [1.165, 1.54) is 0 Å². The molecule has 5 heteroatoms. The molecule has 0 unspecified atom stereocenters. The van der Waals surface area contributed by atoms with Crippen molar-refractivity contribution in [3.05, 3.63) is 59.7 Å². The van der Waals surface area contributed by atoms with Crippen LogP contribution in [0.3, 0.4) is 0 Å². The summed E-state index contributed by atoms with van der Waals surface area (Å²) in [6.45, 7) is 4.08. The molecule has 2 atom stereocenters. The lowest BCUT2D eigenvalue weighted by atomic mass is 9.93. The van der Waals surface area contributed by atoms with Gasteiger partial charge in [-0.05, 0) is 68.5 Å². The van der Waals surface area contributed by atoms with E-state index in [1.54, 1.807) is 24.3 Å². The van der Waals surface area contributed by atoms with E-state index in [0.29, 0.717) is 4.90 Å². The second-order valence-electron chi connectivity index (χ2n) is 6.81. The van der Waals surface area contributed by atoms with Gasteiger partial charge in [-0.3, -0.25) is 0 Å². The van der Waals surface area contributed by atoms with E-state index in [0.717, 1.165) is 42.6 Å². The fourth-order valence-electron chi connectivity index (χ4n) is 3.42. The highest BCUT2D eigenvalue weighted by atomic mass is 32.2. The van der Waals surface area contributed by atoms with Crippen LogP contribution in [0.15, 0.2) is 53.4 Å². The Bertz CT molecular complexity index is 798. The highest BCUT2D eigenvalue weighted by Crippen LogP contribution is 2.26. The Kier molecular flexibility index (Phi) is 5.45. The lowest BCUT2D eigenvalue weighted by Gasteiger charge is -2.32. The van der Waals surface area contributed by atoms with E-state index in [4.69, 9.17) is 4.74 Å². The third-order valence-corrected chi connectivity index (χ3v) is 6.05. The molecule has 0 aromatic heterocycles. The molecule has 2 aromatic rings. The topological polar surface area (TPSA) is 55.4 Å². The summed E-state index contributed by atoms with van der Waals surface area (Å²) < 4.78 is 34.3. The lowest BCUT2D eigenvalue weighted by molar-refractivity contribution is 0.124. The van der Waals surface area contributed by atoms with Crippen LogP contribution >= 0.6 is 0 Å². The van der Waals surface area contributed by atoms with Crippen LogP contribution in [-0.4, -0.2) is 20.6 Å². The predicted molar refractivity (Wildman–Crippen MR) is 99.4 cm³/mol. The van der Waals surface area contributed by atoms with Crippen LogP contribution < -0.4 is 9.46 Å². The normalized spacial score (nSPS) is 21.0. The smallest absolute Gasteiger partial charge is 0.240 e. The van der Waals surface area contributed by atoms with Crippen molar-refractivity contribution in [1.29, 1.82) is 0 Å². The second kappa shape index (κ2) is 7.58. The minimum Gasteiger partial charge on any atom is -0.489 e. The number of sulfonamides is 1. The van der Waals surface area contributed by atoms with Gasteiger partial charge in [0.05, 0.1) is 10.9 Å². The monoisotopic (exact) mass is 359 g/mol. The number of rotatable bonds is 5. The number of ether oxygens (including phenoxy) is 1. The summed E-state index contributed by atoms with van der Waals surface area (Å²) >= 11 is 0. The van der Waals surface area contributed by atoms with Crippen molar-refractivity contribution in [3.8, 4) is 5.75 Å². The van der Waals surface area contributed by atoms with E-state index < -0.39 is 10.0 Å². The highest BCUT2D eigenvalue weighted by Gasteiger charge is 2.31. The van der Waals surface area contributed by atoms with Gasteiger partial charge in [0.15, 0.2) is 0 Å². The van der Waals surface area contributed by atoms with Crippen LogP contribution in [0.1, 0.15) is 36.8 Å². The molecule has 1 aliphatic rings. The van der Waals surface area contributed by atoms with Gasteiger partial charge in [-0.2, -0.15) is 0 Å². The first-order valence-electron chi connectivity index (χ1n) is 8.76. The van der Waals surface area contributed by atoms with Crippen LogP contribution in [0.4, 0.5) is 0 Å². The van der Waals surface area contributed by atoms with Gasteiger partial charge in [-0.15, -0.1) is 0 Å². The molecular weight excluding hydrogens is 334 g/mol. The first kappa shape index (κ1) is 18.0. The maximum Gasteiger partial charge on any atom is 0.240 e. The number of aryl methyl sites for hydroxylation is 2. The van der Waals surface area contributed by atoms with Gasteiger partial charge in [0.25, 0.3) is 0 Å². The van der Waals surface area contributed by atoms with Gasteiger partial charge in [0.1, 0.15) is 11.9 Å². The summed E-state index contributed by atoms with van der Waals surface area (Å²) in [5, 5.41) is 0. The Morgan fingerprint density at radius 1 is 0.960 bits per heavy atom. The second-order valence-corrected chi connectivity index (χ2v) is 8.52. The molecule has 2 aromatic carbocycles. The Morgan fingerprint density at radius 2 is 1.60 bits per heavy atom. The summed E-state index contributed by atoms with van der Waals surface area (Å²) in [6.07, 6.45) is 3.57. The van der Waals surface area contributed by atoms with Gasteiger partial charge >= 0.3 is 0 Å². The predicted octanol–water partition coefficient (Wildman–Crippen LogP) is 3.97. The molecule has 0 saturated heterocycles. The molecule has 3 rings (SSSR count). The Morgan fingerprint density at radius 3 is 2.28 bits per heavy atom. The van der Waals surface area contributed by atoms with E-state index in [2.05, 4.69) is 10.8 Å². The maximum atomic E-state index is 12.6. The summed E-state index contributed by atoms with van der Waals surface area (Å²) in [5.41, 5.74) is 2.29. The van der Waals surface area contributed by atoms with Crippen molar-refractivity contribution in [2.75, 3.05) is 0 Å². The van der Waals surface area contributed by atoms with Crippen LogP contribution in [0.25, 0.3) is 0 Å². The van der Waals surface area contributed by atoms with Crippen molar-refractivity contribution in [1.82, 2.24) is 4.72 Å². The van der Waals surface area contributed by atoms with E-state index in [9.17, 15) is 8.42 Å². The van der Waals surface area contributed by atoms with Gasteiger partial charge < -0.3 is 4.74 Å². The third-order valence-electron chi connectivity index (χ3n) is 4.55. The molecule has 0 heterocycles. The first-order valence-corrected chi connectivity index (χ1v) is 10.2. The quantitative estimate of drug-likeness (QED) is 0.879. The fourth-order valence-corrected chi connectivity index (χ4v) is 4.74. The van der Waals surface area contributed by atoms with E-state index in [-0.39, 0.29) is 12.1 Å². The number of benzene rings is 2. The molecule has 0 radical (unpaired) electrons. The molecule has 0 spiro atoms. The standard InChI is InChI=1S/C20H25NO3S/c1-15-12-16(2)14-17(13-15)24-20-11-7-6-10-19(20)21-25(22,23)18-8-4-3-5-9-18/h3-5,8-9,12-14,19-21H,6-7,10-11H2,1-2H3/t19-,20-/m1/s1. The van der Waals surface area contributed by atoms with Crippen molar-refractivity contribution >= 4 is 10.0 Å². The van der Waals surface area contributed by atoms with Crippen molar-refractivity contribution in [2.24, 2.45) is 0 Å². The van der Waals surface area contributed by atoms with Crippen LogP contribution in [-0.2, 0) is 10.0 Å². The maximum absolute atomic E-state index is 12.6. The molecule has 1 aliphatic carbocycles. The minimum absolute atomic E-state index is 0.145.